The molecule has 9 heteroatoms. The Kier molecular flexibility index (Phi) is 8.15. The minimum Gasteiger partial charge on any atom is -0.462 e. The van der Waals surface area contributed by atoms with Crippen molar-refractivity contribution in [2.24, 2.45) is 0 Å². The maximum absolute atomic E-state index is 14.3. The van der Waals surface area contributed by atoms with E-state index >= 15 is 0 Å². The van der Waals surface area contributed by atoms with Crippen LogP contribution in [0.4, 0.5) is 15.9 Å². The number of esters is 1. The van der Waals surface area contributed by atoms with E-state index in [9.17, 15) is 9.18 Å². The van der Waals surface area contributed by atoms with Crippen LogP contribution in [0.15, 0.2) is 48.7 Å². The van der Waals surface area contributed by atoms with Gasteiger partial charge in [0.15, 0.2) is 5.82 Å². The molecule has 1 aliphatic rings. The van der Waals surface area contributed by atoms with Crippen molar-refractivity contribution < 1.29 is 13.9 Å². The van der Waals surface area contributed by atoms with Crippen LogP contribution in [0.3, 0.4) is 0 Å². The highest BCUT2D eigenvalue weighted by Crippen LogP contribution is 2.25. The number of rotatable bonds is 8. The summed E-state index contributed by atoms with van der Waals surface area (Å²) in [7, 11) is 0. The molecule has 0 atom stereocenters. The summed E-state index contributed by atoms with van der Waals surface area (Å²) in [5, 5.41) is 3.38. The van der Waals surface area contributed by atoms with Gasteiger partial charge < -0.3 is 19.9 Å². The zero-order valence-electron chi connectivity index (χ0n) is 19.9. The summed E-state index contributed by atoms with van der Waals surface area (Å²) >= 11 is 5.85. The van der Waals surface area contributed by atoms with Crippen molar-refractivity contribution in [3.8, 4) is 11.4 Å². The number of hydrogen-bond acceptors (Lipinski definition) is 7. The van der Waals surface area contributed by atoms with Gasteiger partial charge in [-0.3, -0.25) is 0 Å². The molecule has 0 aliphatic carbocycles. The minimum absolute atomic E-state index is 0.120. The van der Waals surface area contributed by atoms with Crippen molar-refractivity contribution >= 4 is 29.1 Å². The number of likely N-dealkylation sites (N-methyl/N-ethyl adjacent to an activating group) is 1. The number of nitrogens with zero attached hydrogens (tertiary/aromatic N) is 4. The molecule has 1 aliphatic heterocycles. The first-order chi connectivity index (χ1) is 17.0. The molecular formula is C26H29ClFN5O2. The maximum Gasteiger partial charge on any atom is 0.343 e. The Hall–Kier alpha value is -3.23. The number of piperazine rings is 1. The van der Waals surface area contributed by atoms with Gasteiger partial charge in [0.1, 0.15) is 17.2 Å². The number of nitrogens with one attached hydrogen (secondary N) is 1. The summed E-state index contributed by atoms with van der Waals surface area (Å²) in [6.07, 6.45) is 1.44. The smallest absolute Gasteiger partial charge is 0.343 e. The van der Waals surface area contributed by atoms with Crippen LogP contribution < -0.4 is 10.2 Å². The predicted molar refractivity (Wildman–Crippen MR) is 136 cm³/mol. The number of carbonyl (C=O) groups excluding carboxylic acids is 1. The van der Waals surface area contributed by atoms with Gasteiger partial charge in [-0.2, -0.15) is 0 Å². The van der Waals surface area contributed by atoms with E-state index in [1.807, 2.05) is 12.1 Å². The number of aromatic nitrogens is 2. The molecule has 0 radical (unpaired) electrons. The summed E-state index contributed by atoms with van der Waals surface area (Å²) in [4.78, 5) is 26.2. The quantitative estimate of drug-likeness (QED) is 0.445. The topological polar surface area (TPSA) is 70.6 Å². The normalized spacial score (nSPS) is 14.1. The third-order valence-electron chi connectivity index (χ3n) is 6.06. The van der Waals surface area contributed by atoms with Crippen LogP contribution in [0.25, 0.3) is 11.4 Å². The molecule has 2 aromatic carbocycles. The lowest BCUT2D eigenvalue weighted by Crippen LogP contribution is -2.46. The Morgan fingerprint density at radius 3 is 2.51 bits per heavy atom. The Bertz CT molecular complexity index is 1170. The van der Waals surface area contributed by atoms with Gasteiger partial charge in [0.05, 0.1) is 6.61 Å². The van der Waals surface area contributed by atoms with Crippen LogP contribution in [-0.2, 0) is 11.3 Å². The third kappa shape index (κ3) is 6.07. The molecule has 1 N–H and O–H groups in total. The molecule has 1 saturated heterocycles. The van der Waals surface area contributed by atoms with Crippen LogP contribution in [0.1, 0.15) is 29.8 Å². The molecule has 0 spiro atoms. The van der Waals surface area contributed by atoms with E-state index in [-0.39, 0.29) is 24.5 Å². The van der Waals surface area contributed by atoms with Crippen LogP contribution in [0.5, 0.6) is 0 Å². The van der Waals surface area contributed by atoms with Crippen LogP contribution in [0, 0.1) is 5.82 Å². The van der Waals surface area contributed by atoms with Gasteiger partial charge in [0.2, 0.25) is 0 Å². The molecule has 0 unspecified atom stereocenters. The Morgan fingerprint density at radius 1 is 1.11 bits per heavy atom. The third-order valence-corrected chi connectivity index (χ3v) is 6.29. The largest absolute Gasteiger partial charge is 0.462 e. The number of halogens is 2. The van der Waals surface area contributed by atoms with Crippen LogP contribution in [-0.4, -0.2) is 60.2 Å². The van der Waals surface area contributed by atoms with Crippen molar-refractivity contribution in [2.75, 3.05) is 49.5 Å². The molecule has 35 heavy (non-hydrogen) atoms. The van der Waals surface area contributed by atoms with Crippen LogP contribution >= 0.6 is 11.6 Å². The monoisotopic (exact) mass is 497 g/mol. The molecule has 4 rings (SSSR count). The highest BCUT2D eigenvalue weighted by molar-refractivity contribution is 6.30. The van der Waals surface area contributed by atoms with E-state index in [4.69, 9.17) is 16.3 Å². The Morgan fingerprint density at radius 2 is 1.86 bits per heavy atom. The summed E-state index contributed by atoms with van der Waals surface area (Å²) in [6.45, 7) is 9.43. The average molecular weight is 498 g/mol. The maximum atomic E-state index is 14.3. The molecule has 0 bridgehead atoms. The summed E-state index contributed by atoms with van der Waals surface area (Å²) in [5.41, 5.74) is 2.56. The number of hydrogen-bond donors (Lipinski definition) is 1. The van der Waals surface area contributed by atoms with Gasteiger partial charge in [-0.15, -0.1) is 0 Å². The number of carbonyl (C=O) groups is 1. The molecule has 3 aromatic rings. The predicted octanol–water partition coefficient (Wildman–Crippen LogP) is 4.87. The second-order valence-corrected chi connectivity index (χ2v) is 8.67. The molecular weight excluding hydrogens is 469 g/mol. The second kappa shape index (κ2) is 11.5. The second-order valence-electron chi connectivity index (χ2n) is 8.23. The average Bonchev–Trinajstić information content (AvgIpc) is 2.88. The lowest BCUT2D eigenvalue weighted by molar-refractivity contribution is 0.0526. The van der Waals surface area contributed by atoms with Gasteiger partial charge in [-0.25, -0.2) is 19.2 Å². The van der Waals surface area contributed by atoms with E-state index in [2.05, 4.69) is 44.1 Å². The van der Waals surface area contributed by atoms with Crippen molar-refractivity contribution in [1.82, 2.24) is 14.9 Å². The Balaban J connectivity index is 1.55. The first-order valence-electron chi connectivity index (χ1n) is 11.8. The Labute approximate surface area is 209 Å². The first-order valence-corrected chi connectivity index (χ1v) is 12.2. The minimum atomic E-state index is -0.542. The molecule has 0 saturated carbocycles. The molecule has 184 valence electrons. The van der Waals surface area contributed by atoms with E-state index in [0.717, 1.165) is 44.0 Å². The van der Waals surface area contributed by atoms with E-state index < -0.39 is 11.8 Å². The van der Waals surface area contributed by atoms with Crippen molar-refractivity contribution in [3.63, 3.8) is 0 Å². The number of anilines is 2. The van der Waals surface area contributed by atoms with Gasteiger partial charge >= 0.3 is 5.97 Å². The standard InChI is InChI=1S/C26H29ClFN5O2/c1-3-32-11-13-33(14-12-32)21-9-6-18(7-10-21)24-30-17-22(26(34)35-4-2)25(31-24)29-16-19-5-8-20(27)15-23(19)28/h5-10,15,17H,3-4,11-14,16H2,1-2H3,(H,29,30,31). The fourth-order valence-corrected chi connectivity index (χ4v) is 4.16. The van der Waals surface area contributed by atoms with E-state index in [1.165, 1.54) is 12.3 Å². The van der Waals surface area contributed by atoms with Crippen molar-refractivity contribution in [1.29, 1.82) is 0 Å². The summed E-state index contributed by atoms with van der Waals surface area (Å²) in [6, 6.07) is 12.5. The molecule has 1 fully saturated rings. The molecule has 7 nitrogen and oxygen atoms in total. The van der Waals surface area contributed by atoms with Gasteiger partial charge in [-0.05, 0) is 49.9 Å². The van der Waals surface area contributed by atoms with Gasteiger partial charge in [0.25, 0.3) is 0 Å². The van der Waals surface area contributed by atoms with Gasteiger partial charge in [-0.1, -0.05) is 24.6 Å². The molecule has 2 heterocycles. The SMILES string of the molecule is CCOC(=O)c1cnc(-c2ccc(N3CCN(CC)CC3)cc2)nc1NCc1ccc(Cl)cc1F. The molecule has 0 amide bonds. The molecule has 1 aromatic heterocycles. The zero-order chi connectivity index (χ0) is 24.8. The number of ether oxygens (including phenoxy) is 1. The highest BCUT2D eigenvalue weighted by Gasteiger charge is 2.19. The lowest BCUT2D eigenvalue weighted by atomic mass is 10.1. The summed E-state index contributed by atoms with van der Waals surface area (Å²) in [5.74, 6) is -0.242. The van der Waals surface area contributed by atoms with Crippen LogP contribution in [0.2, 0.25) is 5.02 Å². The lowest BCUT2D eigenvalue weighted by Gasteiger charge is -2.35. The summed E-state index contributed by atoms with van der Waals surface area (Å²) < 4.78 is 19.4. The van der Waals surface area contributed by atoms with E-state index in [1.54, 1.807) is 19.1 Å². The van der Waals surface area contributed by atoms with Crippen molar-refractivity contribution in [2.45, 2.75) is 20.4 Å². The first kappa shape index (κ1) is 24.9. The van der Waals surface area contributed by atoms with Crippen molar-refractivity contribution in [3.05, 3.63) is 70.6 Å². The van der Waals surface area contributed by atoms with E-state index in [0.29, 0.717) is 16.4 Å². The highest BCUT2D eigenvalue weighted by atomic mass is 35.5. The fraction of sp³-hybridized carbons (Fsp3) is 0.346. The van der Waals surface area contributed by atoms with Gasteiger partial charge in [0, 0.05) is 60.8 Å². The number of benzene rings is 2. The fourth-order valence-electron chi connectivity index (χ4n) is 4.00. The zero-order valence-corrected chi connectivity index (χ0v) is 20.7.